The fraction of sp³-hybridized carbons (Fsp3) is 0.148. The molecule has 36 heavy (non-hydrogen) atoms. The van der Waals surface area contributed by atoms with Crippen LogP contribution in [0.1, 0.15) is 16.7 Å². The molecule has 1 aliphatic rings. The van der Waals surface area contributed by atoms with Crippen LogP contribution in [0.5, 0.6) is 17.2 Å². The maximum atomic E-state index is 12.9. The number of nitriles is 1. The Kier molecular flexibility index (Phi) is 7.84. The molecule has 1 saturated heterocycles. The number of methoxy groups -OCH3 is 2. The molecule has 0 aliphatic carbocycles. The third-order valence-electron chi connectivity index (χ3n) is 5.36. The van der Waals surface area contributed by atoms with E-state index in [0.717, 1.165) is 11.3 Å². The van der Waals surface area contributed by atoms with E-state index in [-0.39, 0.29) is 12.5 Å². The molecular weight excluding hydrogens is 498 g/mol. The first-order valence-corrected chi connectivity index (χ1v) is 12.0. The molecule has 1 heterocycles. The zero-order chi connectivity index (χ0) is 25.7. The Morgan fingerprint density at radius 2 is 1.86 bits per heavy atom. The number of likely N-dealkylation sites (N-methyl/N-ethyl adjacent to an activating group) is 1. The Bertz CT molecular complexity index is 1400. The molecule has 0 radical (unpaired) electrons. The second-order valence-corrected chi connectivity index (χ2v) is 9.08. The number of hydrogen-bond acceptors (Lipinski definition) is 7. The van der Waals surface area contributed by atoms with Crippen LogP contribution >= 0.6 is 23.4 Å². The lowest BCUT2D eigenvalue weighted by atomic mass is 10.1. The summed E-state index contributed by atoms with van der Waals surface area (Å²) < 4.78 is 16.6. The van der Waals surface area contributed by atoms with Gasteiger partial charge in [0.05, 0.1) is 41.5 Å². The van der Waals surface area contributed by atoms with E-state index in [4.69, 9.17) is 25.8 Å². The van der Waals surface area contributed by atoms with E-state index in [1.807, 2.05) is 36.4 Å². The minimum atomic E-state index is -0.171. The Balaban J connectivity index is 1.56. The van der Waals surface area contributed by atoms with Crippen LogP contribution in [0.3, 0.4) is 0 Å². The highest BCUT2D eigenvalue weighted by molar-refractivity contribution is 8.18. The van der Waals surface area contributed by atoms with Crippen LogP contribution in [0.2, 0.25) is 5.02 Å². The van der Waals surface area contributed by atoms with Crippen molar-refractivity contribution in [3.8, 4) is 23.3 Å². The summed E-state index contributed by atoms with van der Waals surface area (Å²) >= 11 is 7.80. The number of amides is 1. The molecule has 0 aromatic heterocycles. The first-order valence-electron chi connectivity index (χ1n) is 10.8. The van der Waals surface area contributed by atoms with Gasteiger partial charge in [0.2, 0.25) is 0 Å². The van der Waals surface area contributed by atoms with Gasteiger partial charge in [-0.2, -0.15) is 5.26 Å². The molecule has 4 rings (SSSR count). The van der Waals surface area contributed by atoms with Crippen molar-refractivity contribution in [2.24, 2.45) is 4.99 Å². The third kappa shape index (κ3) is 5.48. The van der Waals surface area contributed by atoms with Crippen molar-refractivity contribution in [3.05, 3.63) is 87.3 Å². The SMILES string of the molecule is COc1ccc(N=C2SC(=Cc3cc(Cl)c(OCc4ccccc4C#N)c(OC)c3)C(=O)N2C)cc1. The molecule has 0 atom stereocenters. The van der Waals surface area contributed by atoms with Gasteiger partial charge in [-0.25, -0.2) is 4.99 Å². The van der Waals surface area contributed by atoms with Gasteiger partial charge in [0, 0.05) is 12.6 Å². The summed E-state index contributed by atoms with van der Waals surface area (Å²) in [7, 11) is 4.80. The molecule has 0 N–H and O–H groups in total. The quantitative estimate of drug-likeness (QED) is 0.354. The van der Waals surface area contributed by atoms with Crippen molar-refractivity contribution in [3.63, 3.8) is 0 Å². The van der Waals surface area contributed by atoms with E-state index in [2.05, 4.69) is 11.1 Å². The number of rotatable bonds is 7. The maximum Gasteiger partial charge on any atom is 0.266 e. The van der Waals surface area contributed by atoms with Crippen molar-refractivity contribution < 1.29 is 19.0 Å². The lowest BCUT2D eigenvalue weighted by Gasteiger charge is -2.14. The monoisotopic (exact) mass is 519 g/mol. The lowest BCUT2D eigenvalue weighted by Crippen LogP contribution is -2.23. The largest absolute Gasteiger partial charge is 0.497 e. The highest BCUT2D eigenvalue weighted by atomic mass is 35.5. The molecule has 3 aromatic carbocycles. The number of aliphatic imine (C=N–C) groups is 1. The number of ether oxygens (including phenoxy) is 3. The van der Waals surface area contributed by atoms with E-state index >= 15 is 0 Å². The number of nitrogens with zero attached hydrogens (tertiary/aromatic N) is 3. The van der Waals surface area contributed by atoms with Gasteiger partial charge in [-0.15, -0.1) is 0 Å². The van der Waals surface area contributed by atoms with Gasteiger partial charge in [0.15, 0.2) is 16.7 Å². The molecule has 1 aliphatic heterocycles. The van der Waals surface area contributed by atoms with Crippen LogP contribution in [0, 0.1) is 11.3 Å². The fourth-order valence-electron chi connectivity index (χ4n) is 3.44. The van der Waals surface area contributed by atoms with Crippen LogP contribution in [0.15, 0.2) is 70.6 Å². The molecule has 3 aromatic rings. The zero-order valence-electron chi connectivity index (χ0n) is 19.8. The number of hydrogen-bond donors (Lipinski definition) is 0. The summed E-state index contributed by atoms with van der Waals surface area (Å²) in [6, 6.07) is 20.1. The minimum absolute atomic E-state index is 0.157. The predicted molar refractivity (Wildman–Crippen MR) is 142 cm³/mol. The molecule has 0 bridgehead atoms. The lowest BCUT2D eigenvalue weighted by molar-refractivity contribution is -0.121. The molecule has 182 valence electrons. The van der Waals surface area contributed by atoms with Crippen molar-refractivity contribution >= 4 is 46.2 Å². The van der Waals surface area contributed by atoms with Crippen LogP contribution in [-0.4, -0.2) is 37.2 Å². The van der Waals surface area contributed by atoms with E-state index in [1.165, 1.54) is 23.8 Å². The van der Waals surface area contributed by atoms with E-state index in [0.29, 0.717) is 43.4 Å². The maximum absolute atomic E-state index is 12.9. The number of carbonyl (C=O) groups excluding carboxylic acids is 1. The van der Waals surface area contributed by atoms with Gasteiger partial charge >= 0.3 is 0 Å². The number of halogens is 1. The smallest absolute Gasteiger partial charge is 0.266 e. The molecule has 1 amide bonds. The van der Waals surface area contributed by atoms with Gasteiger partial charge in [0.25, 0.3) is 5.91 Å². The third-order valence-corrected chi connectivity index (χ3v) is 6.70. The average Bonchev–Trinajstić information content (AvgIpc) is 3.15. The van der Waals surface area contributed by atoms with E-state index < -0.39 is 0 Å². The van der Waals surface area contributed by atoms with Crippen LogP contribution in [0.25, 0.3) is 6.08 Å². The number of carbonyl (C=O) groups is 1. The zero-order valence-corrected chi connectivity index (χ0v) is 21.4. The van der Waals surface area contributed by atoms with Gasteiger partial charge in [0.1, 0.15) is 12.4 Å². The van der Waals surface area contributed by atoms with Gasteiger partial charge < -0.3 is 14.2 Å². The molecular formula is C27H22ClN3O4S. The molecule has 1 fully saturated rings. The van der Waals surface area contributed by atoms with E-state index in [9.17, 15) is 10.1 Å². The summed E-state index contributed by atoms with van der Waals surface area (Å²) in [6.07, 6.45) is 1.74. The fourth-order valence-corrected chi connectivity index (χ4v) is 4.70. The Hall–Kier alpha value is -3.93. The summed E-state index contributed by atoms with van der Waals surface area (Å²) in [6.45, 7) is 0.157. The van der Waals surface area contributed by atoms with Gasteiger partial charge in [-0.3, -0.25) is 9.69 Å². The predicted octanol–water partition coefficient (Wildman–Crippen LogP) is 6.04. The van der Waals surface area contributed by atoms with Gasteiger partial charge in [-0.1, -0.05) is 29.8 Å². The number of thioether (sulfide) groups is 1. The van der Waals surface area contributed by atoms with Crippen LogP contribution < -0.4 is 14.2 Å². The number of amidine groups is 1. The second-order valence-electron chi connectivity index (χ2n) is 7.66. The molecule has 7 nitrogen and oxygen atoms in total. The standard InChI is InChI=1S/C27H22ClN3O4S/c1-31-26(32)24(36-27(31)30-20-8-10-21(33-2)11-9-20)14-17-12-22(28)25(23(13-17)34-3)35-16-19-7-5-4-6-18(19)15-29/h4-14H,16H2,1-3H3. The molecule has 0 unspecified atom stereocenters. The molecule has 0 spiro atoms. The highest BCUT2D eigenvalue weighted by Crippen LogP contribution is 2.39. The average molecular weight is 520 g/mol. The minimum Gasteiger partial charge on any atom is -0.497 e. The first kappa shape index (κ1) is 25.2. The summed E-state index contributed by atoms with van der Waals surface area (Å²) in [5.41, 5.74) is 2.66. The first-order chi connectivity index (χ1) is 17.4. The van der Waals surface area contributed by atoms with Gasteiger partial charge in [-0.05, 0) is 65.9 Å². The van der Waals surface area contributed by atoms with Crippen LogP contribution in [-0.2, 0) is 11.4 Å². The summed E-state index contributed by atoms with van der Waals surface area (Å²) in [5.74, 6) is 1.34. The second kappa shape index (κ2) is 11.2. The van der Waals surface area contributed by atoms with Crippen molar-refractivity contribution in [2.75, 3.05) is 21.3 Å². The van der Waals surface area contributed by atoms with Crippen LogP contribution in [0.4, 0.5) is 5.69 Å². The van der Waals surface area contributed by atoms with Crippen molar-refractivity contribution in [1.29, 1.82) is 5.26 Å². The summed E-state index contributed by atoms with van der Waals surface area (Å²) in [5, 5.41) is 10.2. The van der Waals surface area contributed by atoms with Crippen molar-refractivity contribution in [2.45, 2.75) is 6.61 Å². The van der Waals surface area contributed by atoms with Crippen molar-refractivity contribution in [1.82, 2.24) is 4.90 Å². The topological polar surface area (TPSA) is 84.1 Å². The Morgan fingerprint density at radius 1 is 1.11 bits per heavy atom. The summed E-state index contributed by atoms with van der Waals surface area (Å²) in [4.78, 5) is 19.4. The normalized spacial score (nSPS) is 15.3. The molecule has 0 saturated carbocycles. The highest BCUT2D eigenvalue weighted by Gasteiger charge is 2.30. The Labute approximate surface area is 218 Å². The number of benzene rings is 3. The Morgan fingerprint density at radius 3 is 2.56 bits per heavy atom. The van der Waals surface area contributed by atoms with E-state index in [1.54, 1.807) is 44.5 Å². The molecule has 9 heteroatoms.